The number of rotatable bonds is 8. The van der Waals surface area contributed by atoms with Gasteiger partial charge in [0, 0.05) is 11.3 Å². The van der Waals surface area contributed by atoms with E-state index in [0.717, 1.165) is 12.0 Å². The van der Waals surface area contributed by atoms with Crippen LogP contribution in [0.1, 0.15) is 0 Å². The number of nitrogens with zero attached hydrogens (tertiary/aromatic N) is 4. The van der Waals surface area contributed by atoms with Crippen LogP contribution in [0.25, 0.3) is 23.6 Å². The highest BCUT2D eigenvalue weighted by Crippen LogP contribution is 2.21. The summed E-state index contributed by atoms with van der Waals surface area (Å²) in [5, 5.41) is 9.13. The van der Waals surface area contributed by atoms with E-state index in [-0.39, 0.29) is 0 Å². The number of para-hydroxylation sites is 1. The van der Waals surface area contributed by atoms with E-state index >= 15 is 0 Å². The molecule has 0 saturated heterocycles. The third-order valence-electron chi connectivity index (χ3n) is 4.06. The zero-order valence-corrected chi connectivity index (χ0v) is 17.0. The molecule has 0 atom stereocenters. The fourth-order valence-electron chi connectivity index (χ4n) is 2.79. The zero-order valence-electron chi connectivity index (χ0n) is 16.1. The average molecular weight is 425 g/mol. The first-order valence-corrected chi connectivity index (χ1v) is 10.9. The first-order valence-electron chi connectivity index (χ1n) is 9.03. The van der Waals surface area contributed by atoms with Gasteiger partial charge >= 0.3 is 0 Å². The maximum atomic E-state index is 11.4. The van der Waals surface area contributed by atoms with Crippen LogP contribution >= 0.6 is 0 Å². The molecule has 1 N–H and O–H groups in total. The Bertz CT molecular complexity index is 1320. The summed E-state index contributed by atoms with van der Waals surface area (Å²) in [7, 11) is -3.38. The van der Waals surface area contributed by atoms with Gasteiger partial charge in [0.2, 0.25) is 15.9 Å². The molecule has 0 aliphatic rings. The number of hydrogen-bond acceptors (Lipinski definition) is 7. The molecule has 0 bridgehead atoms. The number of sulfonamides is 1. The molecule has 0 spiro atoms. The van der Waals surface area contributed by atoms with Crippen molar-refractivity contribution < 1.29 is 17.9 Å². The van der Waals surface area contributed by atoms with Crippen molar-refractivity contribution in [3.05, 3.63) is 59.8 Å². The summed E-state index contributed by atoms with van der Waals surface area (Å²) in [5.41, 5.74) is 1.53. The summed E-state index contributed by atoms with van der Waals surface area (Å²) in [5.74, 6) is 1.50. The first-order chi connectivity index (χ1) is 14.4. The van der Waals surface area contributed by atoms with Gasteiger partial charge in [-0.2, -0.15) is 0 Å². The molecule has 0 aliphatic carbocycles. The topological polar surface area (TPSA) is 108 Å². The second-order valence-electron chi connectivity index (χ2n) is 6.50. The van der Waals surface area contributed by atoms with E-state index < -0.39 is 10.0 Å². The van der Waals surface area contributed by atoms with E-state index in [2.05, 4.69) is 26.5 Å². The first kappa shape index (κ1) is 19.6. The van der Waals surface area contributed by atoms with Crippen LogP contribution in [-0.4, -0.2) is 47.7 Å². The summed E-state index contributed by atoms with van der Waals surface area (Å²) >= 11 is 0. The summed E-state index contributed by atoms with van der Waals surface area (Å²) in [6, 6.07) is 16.2. The highest BCUT2D eigenvalue weighted by Gasteiger charge is 2.14. The molecule has 0 unspecified atom stereocenters. The Morgan fingerprint density at radius 1 is 1.03 bits per heavy atom. The van der Waals surface area contributed by atoms with Gasteiger partial charge in [-0.05, 0) is 24.3 Å². The average Bonchev–Trinajstić information content (AvgIpc) is 3.25. The van der Waals surface area contributed by atoms with Crippen molar-refractivity contribution in [1.29, 1.82) is 0 Å². The number of anilines is 1. The maximum Gasteiger partial charge on any atom is 0.244 e. The lowest BCUT2D eigenvalue weighted by Gasteiger charge is -2.06. The van der Waals surface area contributed by atoms with Crippen LogP contribution < -0.4 is 19.4 Å². The van der Waals surface area contributed by atoms with Crippen molar-refractivity contribution in [3.8, 4) is 23.0 Å². The van der Waals surface area contributed by atoms with Crippen molar-refractivity contribution >= 4 is 27.9 Å². The molecule has 2 heterocycles. The second kappa shape index (κ2) is 7.99. The molecule has 154 valence electrons. The highest BCUT2D eigenvalue weighted by molar-refractivity contribution is 7.92. The van der Waals surface area contributed by atoms with Gasteiger partial charge in [0.15, 0.2) is 11.5 Å². The Morgan fingerprint density at radius 3 is 2.53 bits per heavy atom. The van der Waals surface area contributed by atoms with Crippen LogP contribution in [0.5, 0.6) is 11.6 Å². The third-order valence-corrected chi connectivity index (χ3v) is 4.67. The number of nitrogens with one attached hydrogen (secondary N) is 1. The van der Waals surface area contributed by atoms with Crippen LogP contribution in [0.4, 0.5) is 5.69 Å². The van der Waals surface area contributed by atoms with E-state index in [9.17, 15) is 8.42 Å². The fraction of sp³-hybridized carbons (Fsp3) is 0.150. The molecule has 0 amide bonds. The Kier molecular flexibility index (Phi) is 5.23. The van der Waals surface area contributed by atoms with E-state index in [4.69, 9.17) is 9.47 Å². The van der Waals surface area contributed by atoms with Gasteiger partial charge < -0.3 is 9.47 Å². The number of hydrogen-bond donors (Lipinski definition) is 1. The second-order valence-corrected chi connectivity index (χ2v) is 8.25. The van der Waals surface area contributed by atoms with E-state index in [1.807, 2.05) is 30.3 Å². The lowest BCUT2D eigenvalue weighted by atomic mass is 10.2. The van der Waals surface area contributed by atoms with Gasteiger partial charge in [-0.1, -0.05) is 36.9 Å². The summed E-state index contributed by atoms with van der Waals surface area (Å²) < 4.78 is 37.9. The van der Waals surface area contributed by atoms with Crippen molar-refractivity contribution in [1.82, 2.24) is 19.8 Å². The summed E-state index contributed by atoms with van der Waals surface area (Å²) in [6.07, 6.45) is 1.09. The predicted octanol–water partition coefficient (Wildman–Crippen LogP) is 1.75. The smallest absolute Gasteiger partial charge is 0.244 e. The van der Waals surface area contributed by atoms with Crippen molar-refractivity contribution in [2.24, 2.45) is 0 Å². The molecule has 30 heavy (non-hydrogen) atoms. The van der Waals surface area contributed by atoms with Crippen molar-refractivity contribution in [3.63, 3.8) is 0 Å². The van der Waals surface area contributed by atoms with Gasteiger partial charge in [0.1, 0.15) is 19.0 Å². The quantitative estimate of drug-likeness (QED) is 0.429. The minimum atomic E-state index is -3.38. The monoisotopic (exact) mass is 425 g/mol. The number of ether oxygens (including phenoxy) is 2. The molecule has 4 aromatic rings. The van der Waals surface area contributed by atoms with Gasteiger partial charge in [-0.15, -0.1) is 14.8 Å². The minimum absolute atomic E-state index is 0.295. The molecular formula is C20H19N5O4S. The van der Waals surface area contributed by atoms with E-state index in [1.165, 1.54) is 4.63 Å². The highest BCUT2D eigenvalue weighted by atomic mass is 32.2. The lowest BCUT2D eigenvalue weighted by Crippen LogP contribution is -2.13. The minimum Gasteiger partial charge on any atom is -0.490 e. The predicted molar refractivity (Wildman–Crippen MR) is 113 cm³/mol. The Balaban J connectivity index is 1.46. The molecule has 4 rings (SSSR count). The zero-order chi connectivity index (χ0) is 21.1. The lowest BCUT2D eigenvalue weighted by molar-refractivity contribution is 0.210. The number of benzene rings is 2. The Morgan fingerprint density at radius 2 is 1.80 bits per heavy atom. The molecule has 0 fully saturated rings. The Labute approximate surface area is 173 Å². The normalized spacial score (nSPS) is 11.5. The maximum absolute atomic E-state index is 11.4. The summed E-state index contributed by atoms with van der Waals surface area (Å²) in [4.78, 5) is 4.45. The van der Waals surface area contributed by atoms with Crippen LogP contribution in [0.3, 0.4) is 0 Å². The fourth-order valence-corrected chi connectivity index (χ4v) is 3.35. The Hall–Kier alpha value is -3.66. The van der Waals surface area contributed by atoms with E-state index in [1.54, 1.807) is 24.3 Å². The molecule has 0 aliphatic heterocycles. The van der Waals surface area contributed by atoms with Crippen LogP contribution in [0.2, 0.25) is 0 Å². The molecule has 0 saturated carbocycles. The standard InChI is InChI=1S/C20H19N5O4S/c1-14-19-21-18(15-7-6-8-16(13-15)24-30(2,26)27)22-25(19)23-20(14)29-12-11-28-17-9-4-3-5-10-17/h3-10,13,24H,1,11-12H2,2H3. The van der Waals surface area contributed by atoms with Crippen LogP contribution in [-0.2, 0) is 10.0 Å². The van der Waals surface area contributed by atoms with Gasteiger partial charge in [0.05, 0.1) is 11.5 Å². The molecule has 9 nitrogen and oxygen atoms in total. The molecule has 10 heteroatoms. The van der Waals surface area contributed by atoms with Gasteiger partial charge in [0.25, 0.3) is 0 Å². The van der Waals surface area contributed by atoms with Crippen molar-refractivity contribution in [2.75, 3.05) is 24.2 Å². The third kappa shape index (κ3) is 4.49. The van der Waals surface area contributed by atoms with Gasteiger partial charge in [-0.3, -0.25) is 4.72 Å². The summed E-state index contributed by atoms with van der Waals surface area (Å²) in [6.45, 7) is 4.63. The number of aromatic nitrogens is 4. The van der Waals surface area contributed by atoms with Crippen LogP contribution in [0.15, 0.2) is 54.6 Å². The van der Waals surface area contributed by atoms with Crippen LogP contribution in [0, 0.1) is 0 Å². The molecule has 2 aromatic carbocycles. The number of fused-ring (bicyclic) bond motifs is 1. The van der Waals surface area contributed by atoms with Gasteiger partial charge in [-0.25, -0.2) is 13.4 Å². The molecular weight excluding hydrogens is 406 g/mol. The van der Waals surface area contributed by atoms with E-state index in [0.29, 0.717) is 47.0 Å². The van der Waals surface area contributed by atoms with Crippen molar-refractivity contribution in [2.45, 2.75) is 0 Å². The molecule has 0 radical (unpaired) electrons. The largest absolute Gasteiger partial charge is 0.490 e. The molecule has 2 aromatic heterocycles. The SMILES string of the molecule is C=c1c(OCCOc2ccccc2)nn2nc(-c3cccc(NS(C)(=O)=O)c3)nc12.